The lowest BCUT2D eigenvalue weighted by molar-refractivity contribution is 0.0940. The SMILES string of the molecule is COc1ncccc1-c1ccc(O)c(-c2nc3ccc(C(=O)N[C@@H](C)Cc4cnc[nH]4)cc3[nH]2)c1. The van der Waals surface area contributed by atoms with Gasteiger partial charge in [-0.2, -0.15) is 0 Å². The summed E-state index contributed by atoms with van der Waals surface area (Å²) in [5.41, 5.74) is 5.01. The smallest absolute Gasteiger partial charge is 0.251 e. The van der Waals surface area contributed by atoms with E-state index in [1.54, 1.807) is 56.2 Å². The second kappa shape index (κ2) is 9.30. The van der Waals surface area contributed by atoms with E-state index in [1.807, 2.05) is 25.1 Å². The van der Waals surface area contributed by atoms with Crippen molar-refractivity contribution in [3.8, 4) is 34.1 Å². The van der Waals surface area contributed by atoms with Gasteiger partial charge in [0.25, 0.3) is 5.91 Å². The Labute approximate surface area is 201 Å². The fourth-order valence-corrected chi connectivity index (χ4v) is 4.03. The van der Waals surface area contributed by atoms with Crippen molar-refractivity contribution >= 4 is 16.9 Å². The lowest BCUT2D eigenvalue weighted by atomic mass is 10.0. The van der Waals surface area contributed by atoms with Crippen molar-refractivity contribution in [1.29, 1.82) is 0 Å². The van der Waals surface area contributed by atoms with Crippen LogP contribution in [0.2, 0.25) is 0 Å². The second-order valence-electron chi connectivity index (χ2n) is 8.26. The first-order valence-electron chi connectivity index (χ1n) is 11.1. The number of hydrogen-bond donors (Lipinski definition) is 4. The molecule has 35 heavy (non-hydrogen) atoms. The molecule has 0 fully saturated rings. The molecule has 0 aliphatic carbocycles. The van der Waals surface area contributed by atoms with Crippen LogP contribution >= 0.6 is 0 Å². The number of phenols is 1. The zero-order valence-electron chi connectivity index (χ0n) is 19.2. The predicted molar refractivity (Wildman–Crippen MR) is 132 cm³/mol. The molecule has 4 N–H and O–H groups in total. The van der Waals surface area contributed by atoms with Gasteiger partial charge in [0.2, 0.25) is 5.88 Å². The first-order chi connectivity index (χ1) is 17.0. The molecule has 0 aliphatic rings. The Morgan fingerprint density at radius 1 is 1.17 bits per heavy atom. The molecule has 1 amide bonds. The Bertz CT molecular complexity index is 1490. The minimum atomic E-state index is -0.177. The Kier molecular flexibility index (Phi) is 5.88. The third-order valence-corrected chi connectivity index (χ3v) is 5.73. The summed E-state index contributed by atoms with van der Waals surface area (Å²) in [6, 6.07) is 14.2. The first kappa shape index (κ1) is 22.1. The molecule has 0 saturated carbocycles. The molecule has 3 heterocycles. The van der Waals surface area contributed by atoms with Crippen LogP contribution < -0.4 is 10.1 Å². The molecule has 0 aliphatic heterocycles. The summed E-state index contributed by atoms with van der Waals surface area (Å²) < 4.78 is 5.38. The summed E-state index contributed by atoms with van der Waals surface area (Å²) >= 11 is 0. The van der Waals surface area contributed by atoms with E-state index < -0.39 is 0 Å². The van der Waals surface area contributed by atoms with Gasteiger partial charge in [0.05, 0.1) is 30.0 Å². The number of hydrogen-bond acceptors (Lipinski definition) is 6. The minimum Gasteiger partial charge on any atom is -0.507 e. The van der Waals surface area contributed by atoms with Crippen molar-refractivity contribution in [2.45, 2.75) is 19.4 Å². The van der Waals surface area contributed by atoms with Gasteiger partial charge in [0.1, 0.15) is 11.6 Å². The number of carbonyl (C=O) groups excluding carboxylic acids is 1. The van der Waals surface area contributed by atoms with Gasteiger partial charge < -0.3 is 25.1 Å². The van der Waals surface area contributed by atoms with Gasteiger partial charge in [-0.25, -0.2) is 15.0 Å². The van der Waals surface area contributed by atoms with E-state index in [4.69, 9.17) is 4.74 Å². The standard InChI is InChI=1S/C26H24N6O3/c1-15(10-18-13-27-14-29-18)30-25(34)17-5-7-21-22(12-17)32-24(31-21)20-11-16(6-8-23(20)33)19-4-3-9-28-26(19)35-2/h3-9,11-15,33H,10H2,1-2H3,(H,27,29)(H,30,34)(H,31,32)/t15-/m0/s1. The lowest BCUT2D eigenvalue weighted by Crippen LogP contribution is -2.34. The van der Waals surface area contributed by atoms with E-state index in [9.17, 15) is 9.90 Å². The Balaban J connectivity index is 1.42. The highest BCUT2D eigenvalue weighted by Crippen LogP contribution is 2.35. The van der Waals surface area contributed by atoms with E-state index in [-0.39, 0.29) is 17.7 Å². The Hall–Kier alpha value is -4.66. The van der Waals surface area contributed by atoms with E-state index in [1.165, 1.54) is 0 Å². The topological polar surface area (TPSA) is 129 Å². The lowest BCUT2D eigenvalue weighted by Gasteiger charge is -2.12. The summed E-state index contributed by atoms with van der Waals surface area (Å²) in [6.45, 7) is 1.94. The number of pyridine rings is 1. The predicted octanol–water partition coefficient (Wildman–Crippen LogP) is 4.09. The molecule has 5 rings (SSSR count). The molecule has 0 radical (unpaired) electrons. The Morgan fingerprint density at radius 2 is 2.06 bits per heavy atom. The summed E-state index contributed by atoms with van der Waals surface area (Å²) in [5, 5.41) is 13.6. The molecule has 3 aromatic heterocycles. The normalized spacial score (nSPS) is 11.9. The maximum atomic E-state index is 12.8. The third-order valence-electron chi connectivity index (χ3n) is 5.73. The van der Waals surface area contributed by atoms with Crippen molar-refractivity contribution in [3.63, 3.8) is 0 Å². The van der Waals surface area contributed by atoms with Gasteiger partial charge in [-0.1, -0.05) is 6.07 Å². The maximum Gasteiger partial charge on any atom is 0.251 e. The van der Waals surface area contributed by atoms with Crippen LogP contribution in [0.5, 0.6) is 11.6 Å². The van der Waals surface area contributed by atoms with E-state index in [0.29, 0.717) is 40.3 Å². The van der Waals surface area contributed by atoms with Crippen LogP contribution in [0.1, 0.15) is 23.0 Å². The number of aromatic nitrogens is 5. The van der Waals surface area contributed by atoms with E-state index in [2.05, 4.69) is 30.2 Å². The average Bonchev–Trinajstić information content (AvgIpc) is 3.53. The van der Waals surface area contributed by atoms with Crippen LogP contribution in [-0.4, -0.2) is 49.1 Å². The van der Waals surface area contributed by atoms with Crippen LogP contribution in [-0.2, 0) is 6.42 Å². The van der Waals surface area contributed by atoms with Crippen molar-refractivity contribution < 1.29 is 14.6 Å². The number of ether oxygens (including phenoxy) is 1. The highest BCUT2D eigenvalue weighted by Gasteiger charge is 2.16. The number of fused-ring (bicyclic) bond motifs is 1. The van der Waals surface area contributed by atoms with Crippen LogP contribution in [0.25, 0.3) is 33.5 Å². The van der Waals surface area contributed by atoms with Gasteiger partial charge in [0, 0.05) is 41.7 Å². The molecule has 9 nitrogen and oxygen atoms in total. The van der Waals surface area contributed by atoms with Gasteiger partial charge in [-0.05, 0) is 55.0 Å². The highest BCUT2D eigenvalue weighted by molar-refractivity contribution is 5.98. The van der Waals surface area contributed by atoms with Crippen LogP contribution in [0.4, 0.5) is 0 Å². The van der Waals surface area contributed by atoms with Crippen molar-refractivity contribution in [3.05, 3.63) is 78.5 Å². The van der Waals surface area contributed by atoms with Crippen LogP contribution in [0, 0.1) is 0 Å². The van der Waals surface area contributed by atoms with Gasteiger partial charge >= 0.3 is 0 Å². The zero-order valence-corrected chi connectivity index (χ0v) is 19.2. The minimum absolute atomic E-state index is 0.0693. The van der Waals surface area contributed by atoms with E-state index in [0.717, 1.165) is 16.8 Å². The molecule has 1 atom stereocenters. The Morgan fingerprint density at radius 3 is 2.86 bits per heavy atom. The molecule has 176 valence electrons. The van der Waals surface area contributed by atoms with Crippen molar-refractivity contribution in [1.82, 2.24) is 30.2 Å². The van der Waals surface area contributed by atoms with Crippen LogP contribution in [0.3, 0.4) is 0 Å². The number of aromatic hydroxyl groups is 1. The summed E-state index contributed by atoms with van der Waals surface area (Å²) in [6.07, 6.45) is 5.68. The van der Waals surface area contributed by atoms with E-state index >= 15 is 0 Å². The first-order valence-corrected chi connectivity index (χ1v) is 11.1. The number of nitrogens with one attached hydrogen (secondary N) is 3. The summed E-state index contributed by atoms with van der Waals surface area (Å²) in [4.78, 5) is 31.9. The highest BCUT2D eigenvalue weighted by atomic mass is 16.5. The van der Waals surface area contributed by atoms with Gasteiger partial charge in [0.15, 0.2) is 0 Å². The molecule has 0 spiro atoms. The monoisotopic (exact) mass is 468 g/mol. The van der Waals surface area contributed by atoms with Crippen LogP contribution in [0.15, 0.2) is 67.3 Å². The van der Waals surface area contributed by atoms with Gasteiger partial charge in [-0.3, -0.25) is 4.79 Å². The number of H-pyrrole nitrogens is 2. The second-order valence-corrected chi connectivity index (χ2v) is 8.26. The number of carbonyl (C=O) groups is 1. The third kappa shape index (κ3) is 4.56. The molecular formula is C26H24N6O3. The fourth-order valence-electron chi connectivity index (χ4n) is 4.03. The number of amides is 1. The summed E-state index contributed by atoms with van der Waals surface area (Å²) in [7, 11) is 1.57. The van der Waals surface area contributed by atoms with Crippen molar-refractivity contribution in [2.24, 2.45) is 0 Å². The number of aromatic amines is 2. The molecule has 0 saturated heterocycles. The molecule has 0 unspecified atom stereocenters. The zero-order chi connectivity index (χ0) is 24.4. The number of imidazole rings is 2. The molecule has 0 bridgehead atoms. The number of benzene rings is 2. The largest absolute Gasteiger partial charge is 0.507 e. The van der Waals surface area contributed by atoms with Gasteiger partial charge in [-0.15, -0.1) is 0 Å². The number of rotatable bonds is 7. The number of nitrogens with zero attached hydrogens (tertiary/aromatic N) is 3. The average molecular weight is 469 g/mol. The number of phenolic OH excluding ortho intramolecular Hbond substituents is 1. The quantitative estimate of drug-likeness (QED) is 0.285. The molecule has 2 aromatic carbocycles. The van der Waals surface area contributed by atoms with Crippen molar-refractivity contribution in [2.75, 3.05) is 7.11 Å². The maximum absolute atomic E-state index is 12.8. The fraction of sp³-hybridized carbons (Fsp3) is 0.154. The number of methoxy groups -OCH3 is 1. The molecular weight excluding hydrogens is 444 g/mol. The molecule has 5 aromatic rings. The summed E-state index contributed by atoms with van der Waals surface area (Å²) in [5.74, 6) is 0.892. The molecule has 9 heteroatoms.